The first kappa shape index (κ1) is 18.8. The molecule has 0 saturated carbocycles. The summed E-state index contributed by atoms with van der Waals surface area (Å²) in [6.45, 7) is 2.84. The van der Waals surface area contributed by atoms with E-state index in [0.29, 0.717) is 15.8 Å². The molecule has 0 spiro atoms. The molecule has 1 amide bonds. The Morgan fingerprint density at radius 3 is 2.56 bits per heavy atom. The molecule has 0 unspecified atom stereocenters. The summed E-state index contributed by atoms with van der Waals surface area (Å²) in [5.41, 5.74) is 1.96. The van der Waals surface area contributed by atoms with Crippen LogP contribution in [0.1, 0.15) is 22.5 Å². The highest BCUT2D eigenvalue weighted by Gasteiger charge is 2.42. The molecule has 3 aromatic rings. The minimum absolute atomic E-state index is 0.0663. The molecule has 3 rings (SSSR count). The van der Waals surface area contributed by atoms with Crippen LogP contribution < -0.4 is 5.56 Å². The van der Waals surface area contributed by atoms with E-state index >= 15 is 0 Å². The first-order valence-corrected chi connectivity index (χ1v) is 8.17. The summed E-state index contributed by atoms with van der Waals surface area (Å²) in [5, 5.41) is 0.694. The maximum atomic E-state index is 13.0. The standard InChI is InChI=1S/C19H17F3N2O3/c1-11-6-12(2)16-13(7-11)8-14(17(25)23-16)9-24(18(26)19(20,21)22)10-15-4-3-5-27-15/h3-8H,9-10H2,1-2H3,(H,23,25). The SMILES string of the molecule is Cc1cc(C)c2[nH]c(=O)c(CN(Cc3ccco3)C(=O)C(F)(F)F)cc2c1. The molecule has 0 aliphatic carbocycles. The number of pyridine rings is 1. The van der Waals surface area contributed by atoms with Crippen molar-refractivity contribution in [1.82, 2.24) is 9.88 Å². The van der Waals surface area contributed by atoms with Crippen LogP contribution in [0.5, 0.6) is 0 Å². The average Bonchev–Trinajstić information content (AvgIpc) is 3.07. The molecule has 0 aliphatic heterocycles. The largest absolute Gasteiger partial charge is 0.471 e. The van der Waals surface area contributed by atoms with Gasteiger partial charge in [-0.1, -0.05) is 11.6 Å². The lowest BCUT2D eigenvalue weighted by Crippen LogP contribution is -2.41. The van der Waals surface area contributed by atoms with Gasteiger partial charge in [0.05, 0.1) is 24.9 Å². The van der Waals surface area contributed by atoms with Gasteiger partial charge in [-0.2, -0.15) is 13.2 Å². The molecule has 0 fully saturated rings. The number of aromatic amines is 1. The number of hydrogen-bond donors (Lipinski definition) is 1. The molecule has 0 saturated heterocycles. The monoisotopic (exact) mass is 378 g/mol. The Bertz CT molecular complexity index is 1040. The highest BCUT2D eigenvalue weighted by Crippen LogP contribution is 2.23. The fourth-order valence-electron chi connectivity index (χ4n) is 3.02. The van der Waals surface area contributed by atoms with Crippen molar-refractivity contribution in [3.63, 3.8) is 0 Å². The van der Waals surface area contributed by atoms with Crippen molar-refractivity contribution < 1.29 is 22.4 Å². The van der Waals surface area contributed by atoms with Gasteiger partial charge in [0.1, 0.15) is 5.76 Å². The van der Waals surface area contributed by atoms with Gasteiger partial charge in [-0.3, -0.25) is 9.59 Å². The van der Waals surface area contributed by atoms with E-state index in [1.54, 1.807) is 0 Å². The molecular weight excluding hydrogens is 361 g/mol. The second-order valence-corrected chi connectivity index (χ2v) is 6.41. The second kappa shape index (κ2) is 6.94. The van der Waals surface area contributed by atoms with Gasteiger partial charge >= 0.3 is 12.1 Å². The number of halogens is 3. The number of aryl methyl sites for hydroxylation is 2. The number of amides is 1. The van der Waals surface area contributed by atoms with Crippen molar-refractivity contribution in [3.8, 4) is 0 Å². The first-order valence-electron chi connectivity index (χ1n) is 8.17. The molecule has 8 heteroatoms. The molecular formula is C19H17F3N2O3. The van der Waals surface area contributed by atoms with E-state index in [2.05, 4.69) is 4.98 Å². The van der Waals surface area contributed by atoms with Crippen molar-refractivity contribution in [2.24, 2.45) is 0 Å². The number of benzene rings is 1. The fraction of sp³-hybridized carbons (Fsp3) is 0.263. The number of rotatable bonds is 4. The molecule has 0 atom stereocenters. The number of H-pyrrole nitrogens is 1. The number of nitrogens with one attached hydrogen (secondary N) is 1. The predicted molar refractivity (Wildman–Crippen MR) is 93.1 cm³/mol. The molecule has 0 aliphatic rings. The molecule has 0 bridgehead atoms. The summed E-state index contributed by atoms with van der Waals surface area (Å²) in [4.78, 5) is 27.5. The molecule has 2 heterocycles. The number of furan rings is 1. The van der Waals surface area contributed by atoms with Crippen LogP contribution in [-0.2, 0) is 17.9 Å². The lowest BCUT2D eigenvalue weighted by molar-refractivity contribution is -0.187. The van der Waals surface area contributed by atoms with Crippen LogP contribution in [0.25, 0.3) is 10.9 Å². The normalized spacial score (nSPS) is 11.7. The van der Waals surface area contributed by atoms with Crippen molar-refractivity contribution in [3.05, 3.63) is 69.4 Å². The number of nitrogens with zero attached hydrogens (tertiary/aromatic N) is 1. The van der Waals surface area contributed by atoms with Crippen LogP contribution in [-0.4, -0.2) is 22.0 Å². The number of fused-ring (bicyclic) bond motifs is 1. The summed E-state index contributed by atoms with van der Waals surface area (Å²) >= 11 is 0. The zero-order valence-electron chi connectivity index (χ0n) is 14.7. The smallest absolute Gasteiger partial charge is 0.467 e. The number of aromatic nitrogens is 1. The summed E-state index contributed by atoms with van der Waals surface area (Å²) in [6, 6.07) is 8.22. The molecule has 27 heavy (non-hydrogen) atoms. The predicted octanol–water partition coefficient (Wildman–Crippen LogP) is 3.83. The number of hydrogen-bond acceptors (Lipinski definition) is 3. The fourth-order valence-corrected chi connectivity index (χ4v) is 3.02. The minimum Gasteiger partial charge on any atom is -0.467 e. The third-order valence-electron chi connectivity index (χ3n) is 4.19. The lowest BCUT2D eigenvalue weighted by Gasteiger charge is -2.22. The summed E-state index contributed by atoms with van der Waals surface area (Å²) in [6.07, 6.45) is -3.75. The average molecular weight is 378 g/mol. The lowest BCUT2D eigenvalue weighted by atomic mass is 10.1. The van der Waals surface area contributed by atoms with E-state index < -0.39 is 30.7 Å². The van der Waals surface area contributed by atoms with Crippen LogP contribution in [0.4, 0.5) is 13.2 Å². The first-order chi connectivity index (χ1) is 12.6. The molecule has 1 aromatic carbocycles. The summed E-state index contributed by atoms with van der Waals surface area (Å²) in [5.74, 6) is -1.84. The van der Waals surface area contributed by atoms with E-state index in [-0.39, 0.29) is 11.3 Å². The van der Waals surface area contributed by atoms with Gasteiger partial charge < -0.3 is 14.3 Å². The number of carbonyl (C=O) groups is 1. The summed E-state index contributed by atoms with van der Waals surface area (Å²) in [7, 11) is 0. The van der Waals surface area contributed by atoms with Gasteiger partial charge in [0.2, 0.25) is 0 Å². The Kier molecular flexibility index (Phi) is 4.82. The highest BCUT2D eigenvalue weighted by atomic mass is 19.4. The van der Waals surface area contributed by atoms with Gasteiger partial charge in [-0.25, -0.2) is 0 Å². The third kappa shape index (κ3) is 4.05. The minimum atomic E-state index is -5.05. The molecule has 142 valence electrons. The zero-order valence-corrected chi connectivity index (χ0v) is 14.7. The van der Waals surface area contributed by atoms with E-state index in [1.165, 1.54) is 24.5 Å². The Labute approximate surface area is 152 Å². The molecule has 5 nitrogen and oxygen atoms in total. The molecule has 0 radical (unpaired) electrons. The topological polar surface area (TPSA) is 66.3 Å². The van der Waals surface area contributed by atoms with E-state index in [4.69, 9.17) is 4.42 Å². The second-order valence-electron chi connectivity index (χ2n) is 6.41. The Hall–Kier alpha value is -3.03. The zero-order chi connectivity index (χ0) is 19.8. The summed E-state index contributed by atoms with van der Waals surface area (Å²) < 4.78 is 44.0. The third-order valence-corrected chi connectivity index (χ3v) is 4.19. The van der Waals surface area contributed by atoms with Crippen molar-refractivity contribution >= 4 is 16.8 Å². The van der Waals surface area contributed by atoms with E-state index in [0.717, 1.165) is 11.1 Å². The van der Waals surface area contributed by atoms with E-state index in [1.807, 2.05) is 26.0 Å². The Morgan fingerprint density at radius 2 is 1.93 bits per heavy atom. The van der Waals surface area contributed by atoms with Crippen LogP contribution >= 0.6 is 0 Å². The van der Waals surface area contributed by atoms with Crippen LogP contribution in [0.15, 0.2) is 45.8 Å². The van der Waals surface area contributed by atoms with Crippen molar-refractivity contribution in [2.45, 2.75) is 33.1 Å². The van der Waals surface area contributed by atoms with E-state index in [9.17, 15) is 22.8 Å². The Balaban J connectivity index is 2.01. The van der Waals surface area contributed by atoms with Crippen LogP contribution in [0, 0.1) is 13.8 Å². The van der Waals surface area contributed by atoms with Crippen LogP contribution in [0.2, 0.25) is 0 Å². The van der Waals surface area contributed by atoms with Gasteiger partial charge in [-0.15, -0.1) is 0 Å². The molecule has 1 N–H and O–H groups in total. The Morgan fingerprint density at radius 1 is 1.19 bits per heavy atom. The number of carbonyl (C=O) groups excluding carboxylic acids is 1. The van der Waals surface area contributed by atoms with Crippen LogP contribution in [0.3, 0.4) is 0 Å². The highest BCUT2D eigenvalue weighted by molar-refractivity contribution is 5.84. The molecule has 2 aromatic heterocycles. The van der Waals surface area contributed by atoms with Crippen molar-refractivity contribution in [2.75, 3.05) is 0 Å². The quantitative estimate of drug-likeness (QED) is 0.750. The maximum Gasteiger partial charge on any atom is 0.471 e. The maximum absolute atomic E-state index is 13.0. The number of alkyl halides is 3. The van der Waals surface area contributed by atoms with Gasteiger partial charge in [0, 0.05) is 5.56 Å². The van der Waals surface area contributed by atoms with Crippen molar-refractivity contribution in [1.29, 1.82) is 0 Å². The van der Waals surface area contributed by atoms with Gasteiger partial charge in [0.15, 0.2) is 0 Å². The van der Waals surface area contributed by atoms with Gasteiger partial charge in [-0.05, 0) is 49.1 Å². The van der Waals surface area contributed by atoms with Gasteiger partial charge in [0.25, 0.3) is 5.56 Å².